The predicted octanol–water partition coefficient (Wildman–Crippen LogP) is 2.83. The van der Waals surface area contributed by atoms with E-state index >= 15 is 0 Å². The van der Waals surface area contributed by atoms with Crippen molar-refractivity contribution in [2.24, 2.45) is 0 Å². The zero-order valence-corrected chi connectivity index (χ0v) is 17.7. The predicted molar refractivity (Wildman–Crippen MR) is 112 cm³/mol. The van der Waals surface area contributed by atoms with Gasteiger partial charge in [-0.3, -0.25) is 4.79 Å². The maximum Gasteiger partial charge on any atom is 0.251 e. The molecule has 0 saturated carbocycles. The highest BCUT2D eigenvalue weighted by Gasteiger charge is 2.21. The fourth-order valence-electron chi connectivity index (χ4n) is 3.33. The zero-order valence-electron chi connectivity index (χ0n) is 16.1. The lowest BCUT2D eigenvalue weighted by molar-refractivity contribution is 0.0911. The van der Waals surface area contributed by atoms with Gasteiger partial charge in [0, 0.05) is 36.1 Å². The molecule has 2 heterocycles. The number of hydrogen-bond donors (Lipinski definition) is 2. The minimum atomic E-state index is -3.60. The highest BCUT2D eigenvalue weighted by Crippen LogP contribution is 2.15. The number of nitrogens with one attached hydrogen (secondary N) is 2. The molecule has 0 unspecified atom stereocenters. The van der Waals surface area contributed by atoms with Crippen molar-refractivity contribution in [3.05, 3.63) is 52.2 Å². The van der Waals surface area contributed by atoms with Crippen LogP contribution in [0.5, 0.6) is 0 Å². The van der Waals surface area contributed by atoms with Crippen LogP contribution in [0.1, 0.15) is 41.4 Å². The first kappa shape index (κ1) is 21.0. The summed E-state index contributed by atoms with van der Waals surface area (Å²) in [6.45, 7) is 5.56. The summed E-state index contributed by atoms with van der Waals surface area (Å²) in [6, 6.07) is 10.0. The van der Waals surface area contributed by atoms with E-state index in [0.717, 1.165) is 43.8 Å². The van der Waals surface area contributed by atoms with Gasteiger partial charge < -0.3 is 10.2 Å². The van der Waals surface area contributed by atoms with Crippen LogP contribution in [0.2, 0.25) is 0 Å². The lowest BCUT2D eigenvalue weighted by Crippen LogP contribution is -2.44. The molecule has 1 saturated heterocycles. The van der Waals surface area contributed by atoms with E-state index < -0.39 is 10.0 Å². The molecular weight excluding hydrogens is 394 g/mol. The largest absolute Gasteiger partial charge is 0.349 e. The molecule has 1 amide bonds. The van der Waals surface area contributed by atoms with Gasteiger partial charge in [-0.05, 0) is 61.5 Å². The van der Waals surface area contributed by atoms with Gasteiger partial charge in [0.05, 0.1) is 4.90 Å². The maximum atomic E-state index is 12.5. The van der Waals surface area contributed by atoms with Crippen molar-refractivity contribution in [3.8, 4) is 0 Å². The van der Waals surface area contributed by atoms with E-state index in [2.05, 4.69) is 21.9 Å². The molecule has 2 N–H and O–H groups in total. The van der Waals surface area contributed by atoms with Gasteiger partial charge in [-0.1, -0.05) is 13.0 Å². The molecule has 1 aliphatic heterocycles. The number of piperidine rings is 1. The molecule has 0 radical (unpaired) electrons. The van der Waals surface area contributed by atoms with E-state index in [9.17, 15) is 13.2 Å². The van der Waals surface area contributed by atoms with Crippen LogP contribution in [0.4, 0.5) is 0 Å². The average Bonchev–Trinajstić information content (AvgIpc) is 3.22. The van der Waals surface area contributed by atoms with Crippen molar-refractivity contribution < 1.29 is 13.2 Å². The Kier molecular flexibility index (Phi) is 7.23. The van der Waals surface area contributed by atoms with Crippen molar-refractivity contribution in [2.75, 3.05) is 19.6 Å². The number of likely N-dealkylation sites (tertiary alicyclic amines) is 1. The second kappa shape index (κ2) is 9.65. The Bertz CT molecular complexity index is 857. The number of amides is 1. The lowest BCUT2D eigenvalue weighted by Gasteiger charge is -2.32. The molecule has 28 heavy (non-hydrogen) atoms. The monoisotopic (exact) mass is 421 g/mol. The maximum absolute atomic E-state index is 12.5. The summed E-state index contributed by atoms with van der Waals surface area (Å²) in [5.74, 6) is -0.149. The van der Waals surface area contributed by atoms with Gasteiger partial charge in [0.15, 0.2) is 0 Å². The quantitative estimate of drug-likeness (QED) is 0.687. The second-order valence-corrected chi connectivity index (χ2v) is 9.82. The summed E-state index contributed by atoms with van der Waals surface area (Å²) in [4.78, 5) is 16.0. The van der Waals surface area contributed by atoms with Gasteiger partial charge in [-0.2, -0.15) is 0 Å². The molecular formula is C20H27N3O3S2. The van der Waals surface area contributed by atoms with Gasteiger partial charge in [-0.15, -0.1) is 11.3 Å². The lowest BCUT2D eigenvalue weighted by atomic mass is 10.0. The Labute approximate surface area is 171 Å². The average molecular weight is 422 g/mol. The SMILES string of the molecule is CCCN1CCC(NC(=O)c2ccc(S(=O)(=O)NCc3cccs3)cc2)CC1. The van der Waals surface area contributed by atoms with Gasteiger partial charge in [0.2, 0.25) is 10.0 Å². The fraction of sp³-hybridized carbons (Fsp3) is 0.450. The Morgan fingerprint density at radius 2 is 1.89 bits per heavy atom. The Balaban J connectivity index is 1.54. The van der Waals surface area contributed by atoms with Crippen LogP contribution in [0, 0.1) is 0 Å². The van der Waals surface area contributed by atoms with E-state index in [-0.39, 0.29) is 23.4 Å². The van der Waals surface area contributed by atoms with Crippen LogP contribution < -0.4 is 10.0 Å². The molecule has 2 aromatic rings. The molecule has 1 aliphatic rings. The minimum absolute atomic E-state index is 0.149. The molecule has 6 nitrogen and oxygen atoms in total. The third-order valence-corrected chi connectivity index (χ3v) is 7.20. The van der Waals surface area contributed by atoms with E-state index in [1.165, 1.54) is 23.5 Å². The van der Waals surface area contributed by atoms with Crippen molar-refractivity contribution in [1.82, 2.24) is 14.9 Å². The molecule has 1 aromatic carbocycles. The third kappa shape index (κ3) is 5.64. The zero-order chi connectivity index (χ0) is 20.0. The summed E-state index contributed by atoms with van der Waals surface area (Å²) in [5, 5.41) is 4.98. The standard InChI is InChI=1S/C20H27N3O3S2/c1-2-11-23-12-9-17(10-13-23)22-20(24)16-5-7-19(8-6-16)28(25,26)21-15-18-4-3-14-27-18/h3-8,14,17,21H,2,9-13,15H2,1H3,(H,22,24). The molecule has 152 valence electrons. The highest BCUT2D eigenvalue weighted by molar-refractivity contribution is 7.89. The first-order chi connectivity index (χ1) is 13.5. The van der Waals surface area contributed by atoms with Crippen LogP contribution in [0.25, 0.3) is 0 Å². The second-order valence-electron chi connectivity index (χ2n) is 7.02. The minimum Gasteiger partial charge on any atom is -0.349 e. The summed E-state index contributed by atoms with van der Waals surface area (Å²) in [5.41, 5.74) is 0.480. The molecule has 8 heteroatoms. The number of hydrogen-bond acceptors (Lipinski definition) is 5. The third-order valence-electron chi connectivity index (χ3n) is 4.91. The highest BCUT2D eigenvalue weighted by atomic mass is 32.2. The smallest absolute Gasteiger partial charge is 0.251 e. The first-order valence-corrected chi connectivity index (χ1v) is 12.0. The first-order valence-electron chi connectivity index (χ1n) is 9.63. The molecule has 0 aliphatic carbocycles. The van der Waals surface area contributed by atoms with E-state index in [0.29, 0.717) is 5.56 Å². The topological polar surface area (TPSA) is 78.5 Å². The van der Waals surface area contributed by atoms with E-state index in [4.69, 9.17) is 0 Å². The number of sulfonamides is 1. The van der Waals surface area contributed by atoms with Gasteiger partial charge in [-0.25, -0.2) is 13.1 Å². The van der Waals surface area contributed by atoms with Crippen LogP contribution >= 0.6 is 11.3 Å². The molecule has 1 aromatic heterocycles. The normalized spacial score (nSPS) is 16.2. The molecule has 1 fully saturated rings. The van der Waals surface area contributed by atoms with Crippen molar-refractivity contribution >= 4 is 27.3 Å². The summed E-state index contributed by atoms with van der Waals surface area (Å²) >= 11 is 1.50. The number of rotatable bonds is 8. The Morgan fingerprint density at radius 3 is 2.50 bits per heavy atom. The van der Waals surface area contributed by atoms with Crippen molar-refractivity contribution in [2.45, 2.75) is 43.7 Å². The molecule has 0 bridgehead atoms. The summed E-state index contributed by atoms with van der Waals surface area (Å²) in [6.07, 6.45) is 3.05. The number of benzene rings is 1. The van der Waals surface area contributed by atoms with Gasteiger partial charge in [0.1, 0.15) is 0 Å². The number of nitrogens with zero attached hydrogens (tertiary/aromatic N) is 1. The molecule has 3 rings (SSSR count). The van der Waals surface area contributed by atoms with Crippen LogP contribution in [0.3, 0.4) is 0 Å². The van der Waals surface area contributed by atoms with Crippen LogP contribution in [-0.4, -0.2) is 44.9 Å². The molecule has 0 spiro atoms. The number of carbonyl (C=O) groups excluding carboxylic acids is 1. The number of thiophene rings is 1. The summed E-state index contributed by atoms with van der Waals surface area (Å²) in [7, 11) is -3.60. The van der Waals surface area contributed by atoms with Gasteiger partial charge >= 0.3 is 0 Å². The van der Waals surface area contributed by atoms with E-state index in [1.54, 1.807) is 12.1 Å². The Morgan fingerprint density at radius 1 is 1.18 bits per heavy atom. The van der Waals surface area contributed by atoms with Crippen molar-refractivity contribution in [3.63, 3.8) is 0 Å². The number of carbonyl (C=O) groups is 1. The van der Waals surface area contributed by atoms with Crippen molar-refractivity contribution in [1.29, 1.82) is 0 Å². The Hall–Kier alpha value is -1.74. The molecule has 0 atom stereocenters. The van der Waals surface area contributed by atoms with Crippen LogP contribution in [0.15, 0.2) is 46.7 Å². The fourth-order valence-corrected chi connectivity index (χ4v) is 5.08. The van der Waals surface area contributed by atoms with E-state index in [1.807, 2.05) is 17.5 Å². The summed E-state index contributed by atoms with van der Waals surface area (Å²) < 4.78 is 27.4. The van der Waals surface area contributed by atoms with Crippen LogP contribution in [-0.2, 0) is 16.6 Å². The van der Waals surface area contributed by atoms with Gasteiger partial charge in [0.25, 0.3) is 5.91 Å².